The van der Waals surface area contributed by atoms with E-state index in [0.29, 0.717) is 37.3 Å². The number of hydrogen-bond acceptors (Lipinski definition) is 7. The van der Waals surface area contributed by atoms with Gasteiger partial charge >= 0.3 is 15.6 Å². The third-order valence-electron chi connectivity index (χ3n) is 8.73. The Morgan fingerprint density at radius 2 is 1.97 bits per heavy atom. The molecule has 11 heteroatoms. The monoisotopic (exact) mass is 489 g/mol. The Morgan fingerprint density at radius 1 is 1.21 bits per heavy atom. The minimum absolute atomic E-state index is 0.101. The number of aliphatic hydroxyl groups excluding tert-OH is 1. The number of aliphatic hydroxyl groups is 2. The summed E-state index contributed by atoms with van der Waals surface area (Å²) in [4.78, 5) is 2.34. The summed E-state index contributed by atoms with van der Waals surface area (Å²) in [6.07, 6.45) is 3.32. The van der Waals surface area contributed by atoms with Crippen LogP contribution in [0.2, 0.25) is 0 Å². The molecule has 6 rings (SSSR count). The van der Waals surface area contributed by atoms with Gasteiger partial charge < -0.3 is 19.1 Å². The van der Waals surface area contributed by atoms with Crippen LogP contribution in [0.25, 0.3) is 0 Å². The minimum Gasteiger partial charge on any atom is -0.482 e. The zero-order chi connectivity index (χ0) is 23.4. The van der Waals surface area contributed by atoms with Crippen molar-refractivity contribution < 1.29 is 40.7 Å². The molecular formula is C22H26F3NO6S. The highest BCUT2D eigenvalue weighted by molar-refractivity contribution is 7.88. The lowest BCUT2D eigenvalue weighted by molar-refractivity contribution is -0.209. The van der Waals surface area contributed by atoms with Crippen LogP contribution in [-0.2, 0) is 22.0 Å². The number of rotatable bonds is 4. The van der Waals surface area contributed by atoms with Gasteiger partial charge in [-0.25, -0.2) is 0 Å². The number of alkyl halides is 3. The second kappa shape index (κ2) is 6.77. The van der Waals surface area contributed by atoms with E-state index in [4.69, 9.17) is 4.74 Å². The van der Waals surface area contributed by atoms with Crippen molar-refractivity contribution in [2.75, 3.05) is 13.1 Å². The Kier molecular flexibility index (Phi) is 4.50. The number of halogens is 3. The number of nitrogens with zero attached hydrogens (tertiary/aromatic N) is 1. The summed E-state index contributed by atoms with van der Waals surface area (Å²) < 4.78 is 72.9. The molecule has 0 aromatic heterocycles. The van der Waals surface area contributed by atoms with Crippen LogP contribution in [0.3, 0.4) is 0 Å². The molecule has 2 aliphatic heterocycles. The molecule has 0 amide bonds. The highest BCUT2D eigenvalue weighted by atomic mass is 32.2. The van der Waals surface area contributed by atoms with Crippen molar-refractivity contribution in [2.45, 2.75) is 79.7 Å². The van der Waals surface area contributed by atoms with Crippen LogP contribution in [0.15, 0.2) is 12.1 Å². The largest absolute Gasteiger partial charge is 0.534 e. The van der Waals surface area contributed by atoms with E-state index in [-0.39, 0.29) is 18.2 Å². The molecule has 2 saturated carbocycles. The van der Waals surface area contributed by atoms with Crippen molar-refractivity contribution in [1.82, 2.24) is 4.90 Å². The summed E-state index contributed by atoms with van der Waals surface area (Å²) in [5.41, 5.74) is -6.54. The Labute approximate surface area is 189 Å². The molecule has 5 atom stereocenters. The lowest BCUT2D eigenvalue weighted by atomic mass is 9.48. The predicted molar refractivity (Wildman–Crippen MR) is 109 cm³/mol. The molecule has 182 valence electrons. The summed E-state index contributed by atoms with van der Waals surface area (Å²) in [6, 6.07) is 2.57. The molecule has 2 heterocycles. The number of hydrogen-bond donors (Lipinski definition) is 2. The van der Waals surface area contributed by atoms with Crippen LogP contribution in [0.5, 0.6) is 11.5 Å². The molecule has 3 fully saturated rings. The third-order valence-corrected chi connectivity index (χ3v) is 9.69. The first-order chi connectivity index (χ1) is 15.5. The summed E-state index contributed by atoms with van der Waals surface area (Å²) >= 11 is 0. The highest BCUT2D eigenvalue weighted by Gasteiger charge is 2.73. The SMILES string of the molecule is O=S(=O)(Oc1ccc2c3c1OC1[C@@H](O)CC[C@@]4(O)[C@@H](C2)N(CC2CCC2)CC[C@]314)C(F)(F)F. The molecule has 33 heavy (non-hydrogen) atoms. The topological polar surface area (TPSA) is 96.3 Å². The lowest BCUT2D eigenvalue weighted by Gasteiger charge is -2.64. The van der Waals surface area contributed by atoms with Gasteiger partial charge in [-0.05, 0) is 62.6 Å². The van der Waals surface area contributed by atoms with Crippen LogP contribution in [0.1, 0.15) is 49.7 Å². The molecule has 2 N–H and O–H groups in total. The Balaban J connectivity index is 1.47. The lowest BCUT2D eigenvalue weighted by Crippen LogP contribution is -2.77. The smallest absolute Gasteiger partial charge is 0.482 e. The number of benzene rings is 1. The van der Waals surface area contributed by atoms with Gasteiger partial charge in [-0.15, -0.1) is 0 Å². The van der Waals surface area contributed by atoms with E-state index in [1.807, 2.05) is 0 Å². The fourth-order valence-electron chi connectivity index (χ4n) is 7.05. The Bertz CT molecular complexity index is 1110. The van der Waals surface area contributed by atoms with Gasteiger partial charge in [-0.1, -0.05) is 12.5 Å². The molecular weight excluding hydrogens is 463 g/mol. The quantitative estimate of drug-likeness (QED) is 0.495. The van der Waals surface area contributed by atoms with E-state index in [1.54, 1.807) is 6.07 Å². The molecule has 1 aromatic rings. The van der Waals surface area contributed by atoms with Gasteiger partial charge in [0.2, 0.25) is 0 Å². The minimum atomic E-state index is -5.90. The van der Waals surface area contributed by atoms with Crippen LogP contribution >= 0.6 is 0 Å². The van der Waals surface area contributed by atoms with Crippen molar-refractivity contribution in [3.8, 4) is 11.5 Å². The van der Waals surface area contributed by atoms with Crippen LogP contribution in [-0.4, -0.2) is 66.0 Å². The average molecular weight is 490 g/mol. The Hall–Kier alpha value is -1.56. The molecule has 0 radical (unpaired) electrons. The van der Waals surface area contributed by atoms with Gasteiger partial charge in [-0.2, -0.15) is 21.6 Å². The second-order valence-corrected chi connectivity index (χ2v) is 11.7. The van der Waals surface area contributed by atoms with E-state index in [2.05, 4.69) is 9.08 Å². The highest BCUT2D eigenvalue weighted by Crippen LogP contribution is 2.65. The number of likely N-dealkylation sites (tertiary alicyclic amines) is 1. The summed E-state index contributed by atoms with van der Waals surface area (Å²) in [7, 11) is -5.90. The van der Waals surface area contributed by atoms with Gasteiger partial charge in [0.05, 0.1) is 17.1 Å². The first-order valence-electron chi connectivity index (χ1n) is 11.5. The van der Waals surface area contributed by atoms with Crippen molar-refractivity contribution >= 4 is 10.1 Å². The van der Waals surface area contributed by atoms with Gasteiger partial charge in [0, 0.05) is 18.2 Å². The number of piperidine rings is 1. The van der Waals surface area contributed by atoms with Crippen LogP contribution < -0.4 is 8.92 Å². The number of ether oxygens (including phenoxy) is 1. The third kappa shape index (κ3) is 2.76. The fourth-order valence-corrected chi connectivity index (χ4v) is 7.51. The maximum Gasteiger partial charge on any atom is 0.534 e. The van der Waals surface area contributed by atoms with E-state index < -0.39 is 44.6 Å². The predicted octanol–water partition coefficient (Wildman–Crippen LogP) is 2.23. The summed E-state index contributed by atoms with van der Waals surface area (Å²) in [5, 5.41) is 23.0. The van der Waals surface area contributed by atoms with E-state index >= 15 is 0 Å². The van der Waals surface area contributed by atoms with Crippen molar-refractivity contribution in [1.29, 1.82) is 0 Å². The zero-order valence-electron chi connectivity index (χ0n) is 17.8. The molecule has 1 saturated heterocycles. The van der Waals surface area contributed by atoms with Crippen LogP contribution in [0.4, 0.5) is 13.2 Å². The standard InChI is InChI=1S/C22H26F3NO6S/c23-22(24,25)33(29,30)32-15-5-4-13-10-16-21(28)7-6-14(27)19-20(21,17(13)18(15)31-19)8-9-26(16)11-12-2-1-3-12/h4-5,12,14,16,19,27-28H,1-3,6-11H2/t14-,16+,19?,20-,21+/m0/s1. The molecule has 3 aliphatic carbocycles. The van der Waals surface area contributed by atoms with Gasteiger partial charge in [-0.3, -0.25) is 4.90 Å². The molecule has 5 aliphatic rings. The van der Waals surface area contributed by atoms with Crippen LogP contribution in [0, 0.1) is 5.92 Å². The van der Waals surface area contributed by atoms with Crippen molar-refractivity contribution in [3.05, 3.63) is 23.3 Å². The van der Waals surface area contributed by atoms with E-state index in [1.165, 1.54) is 25.3 Å². The van der Waals surface area contributed by atoms with Gasteiger partial charge in [0.15, 0.2) is 11.5 Å². The first kappa shape index (κ1) is 21.9. The maximum atomic E-state index is 13.0. The molecule has 1 unspecified atom stereocenters. The molecule has 7 nitrogen and oxygen atoms in total. The molecule has 1 aromatic carbocycles. The zero-order valence-corrected chi connectivity index (χ0v) is 18.7. The normalized spacial score (nSPS) is 37.8. The van der Waals surface area contributed by atoms with Crippen molar-refractivity contribution in [3.63, 3.8) is 0 Å². The Morgan fingerprint density at radius 3 is 2.64 bits per heavy atom. The van der Waals surface area contributed by atoms with Gasteiger partial charge in [0.25, 0.3) is 0 Å². The van der Waals surface area contributed by atoms with E-state index in [9.17, 15) is 31.8 Å². The average Bonchev–Trinajstić information content (AvgIpc) is 3.05. The fraction of sp³-hybridized carbons (Fsp3) is 0.727. The van der Waals surface area contributed by atoms with Crippen molar-refractivity contribution in [2.24, 2.45) is 5.92 Å². The maximum absolute atomic E-state index is 13.0. The second-order valence-electron chi connectivity index (χ2n) is 10.2. The summed E-state index contributed by atoms with van der Waals surface area (Å²) in [6.45, 7) is 1.56. The first-order valence-corrected chi connectivity index (χ1v) is 12.9. The molecule has 2 bridgehead atoms. The van der Waals surface area contributed by atoms with Gasteiger partial charge in [0.1, 0.15) is 6.10 Å². The molecule has 1 spiro atoms. The van der Waals surface area contributed by atoms with E-state index in [0.717, 1.165) is 12.1 Å². The summed E-state index contributed by atoms with van der Waals surface area (Å²) in [5.74, 6) is -0.0527.